The third-order valence-corrected chi connectivity index (χ3v) is 2.89. The number of halogens is 1. The molecule has 1 N–H and O–H groups in total. The molecule has 0 aliphatic heterocycles. The highest BCUT2D eigenvalue weighted by Crippen LogP contribution is 2.27. The van der Waals surface area contributed by atoms with Crippen molar-refractivity contribution in [3.05, 3.63) is 39.2 Å². The first kappa shape index (κ1) is 14.4. The zero-order chi connectivity index (χ0) is 14.5. The van der Waals surface area contributed by atoms with Crippen LogP contribution >= 0.6 is 15.9 Å². The normalized spacial score (nSPS) is 10.5. The topological polar surface area (TPSA) is 95.1 Å². The van der Waals surface area contributed by atoms with E-state index in [2.05, 4.69) is 31.3 Å². The number of nitrogens with one attached hydrogen (secondary N) is 1. The summed E-state index contributed by atoms with van der Waals surface area (Å²) in [7, 11) is 1.61. The summed E-state index contributed by atoms with van der Waals surface area (Å²) in [4.78, 5) is 14.5. The zero-order valence-corrected chi connectivity index (χ0v) is 12.2. The van der Waals surface area contributed by atoms with Crippen molar-refractivity contribution in [3.8, 4) is 0 Å². The van der Waals surface area contributed by atoms with Gasteiger partial charge in [0.2, 0.25) is 5.82 Å². The average molecular weight is 342 g/mol. The Morgan fingerprint density at radius 1 is 1.55 bits per heavy atom. The average Bonchev–Trinajstić information content (AvgIpc) is 2.86. The third-order valence-electron chi connectivity index (χ3n) is 2.45. The molecule has 0 saturated carbocycles. The zero-order valence-electron chi connectivity index (χ0n) is 10.6. The van der Waals surface area contributed by atoms with Crippen LogP contribution in [0.3, 0.4) is 0 Å². The van der Waals surface area contributed by atoms with Crippen molar-refractivity contribution in [1.82, 2.24) is 14.8 Å². The lowest BCUT2D eigenvalue weighted by molar-refractivity contribution is -0.384. The molecule has 20 heavy (non-hydrogen) atoms. The summed E-state index contributed by atoms with van der Waals surface area (Å²) in [6.45, 7) is 1.14. The predicted molar refractivity (Wildman–Crippen MR) is 76.0 cm³/mol. The first-order valence-corrected chi connectivity index (χ1v) is 6.48. The summed E-state index contributed by atoms with van der Waals surface area (Å²) >= 11 is 3.16. The molecule has 0 aromatic carbocycles. The molecule has 2 rings (SSSR count). The first-order chi connectivity index (χ1) is 9.60. The van der Waals surface area contributed by atoms with Crippen LogP contribution < -0.4 is 5.32 Å². The van der Waals surface area contributed by atoms with Gasteiger partial charge in [-0.05, 0) is 15.9 Å². The Kier molecular flexibility index (Phi) is 4.64. The molecule has 0 saturated heterocycles. The van der Waals surface area contributed by atoms with Gasteiger partial charge in [-0.3, -0.25) is 14.8 Å². The van der Waals surface area contributed by atoms with Crippen molar-refractivity contribution in [1.29, 1.82) is 0 Å². The molecule has 0 spiro atoms. The van der Waals surface area contributed by atoms with Gasteiger partial charge in [0.1, 0.15) is 0 Å². The molecule has 2 aromatic heterocycles. The van der Waals surface area contributed by atoms with Gasteiger partial charge in [-0.2, -0.15) is 5.10 Å². The number of ether oxygens (including phenoxy) is 1. The van der Waals surface area contributed by atoms with Crippen LogP contribution in [-0.2, 0) is 11.3 Å². The number of hydrogen-bond donors (Lipinski definition) is 1. The maximum absolute atomic E-state index is 11.0. The summed E-state index contributed by atoms with van der Waals surface area (Å²) in [5.74, 6) is 0.171. The van der Waals surface area contributed by atoms with Gasteiger partial charge in [0.25, 0.3) is 0 Å². The fourth-order valence-electron chi connectivity index (χ4n) is 1.54. The van der Waals surface area contributed by atoms with E-state index in [1.165, 1.54) is 12.3 Å². The van der Waals surface area contributed by atoms with E-state index >= 15 is 0 Å². The summed E-state index contributed by atoms with van der Waals surface area (Å²) < 4.78 is 7.17. The van der Waals surface area contributed by atoms with Gasteiger partial charge in [0.05, 0.1) is 30.0 Å². The van der Waals surface area contributed by atoms with E-state index in [0.717, 1.165) is 0 Å². The monoisotopic (exact) mass is 341 g/mol. The number of rotatable bonds is 6. The number of nitro groups is 1. The highest BCUT2D eigenvalue weighted by atomic mass is 79.9. The molecule has 0 radical (unpaired) electrons. The van der Waals surface area contributed by atoms with Crippen molar-refractivity contribution in [2.45, 2.75) is 6.54 Å². The summed E-state index contributed by atoms with van der Waals surface area (Å²) in [5.41, 5.74) is 0.517. The number of pyridine rings is 1. The molecule has 0 bridgehead atoms. The second-order valence-corrected chi connectivity index (χ2v) is 4.80. The van der Waals surface area contributed by atoms with Crippen molar-refractivity contribution in [2.75, 3.05) is 19.0 Å². The second-order valence-electron chi connectivity index (χ2n) is 3.89. The predicted octanol–water partition coefficient (Wildman–Crippen LogP) is 2.34. The van der Waals surface area contributed by atoms with Gasteiger partial charge >= 0.3 is 5.69 Å². The number of aromatic nitrogens is 3. The lowest BCUT2D eigenvalue weighted by Crippen LogP contribution is -2.04. The molecule has 0 atom stereocenters. The van der Waals surface area contributed by atoms with E-state index in [-0.39, 0.29) is 11.5 Å². The molecule has 0 amide bonds. The van der Waals surface area contributed by atoms with Gasteiger partial charge in [-0.25, -0.2) is 4.98 Å². The maximum atomic E-state index is 11.0. The number of nitrogens with zero attached hydrogens (tertiary/aromatic N) is 4. The summed E-state index contributed by atoms with van der Waals surface area (Å²) in [6, 6.07) is 1.39. The van der Waals surface area contributed by atoms with Gasteiger partial charge in [0, 0.05) is 30.0 Å². The highest BCUT2D eigenvalue weighted by molar-refractivity contribution is 9.10. The number of methoxy groups -OCH3 is 1. The van der Waals surface area contributed by atoms with Gasteiger partial charge in [-0.15, -0.1) is 0 Å². The van der Waals surface area contributed by atoms with Crippen LogP contribution in [-0.4, -0.2) is 33.4 Å². The lowest BCUT2D eigenvalue weighted by atomic mass is 10.4. The number of hydrogen-bond acceptors (Lipinski definition) is 6. The molecule has 2 heterocycles. The smallest absolute Gasteiger partial charge is 0.312 e. The van der Waals surface area contributed by atoms with Gasteiger partial charge in [0.15, 0.2) is 0 Å². The van der Waals surface area contributed by atoms with E-state index in [9.17, 15) is 10.1 Å². The largest absolute Gasteiger partial charge is 0.383 e. The highest BCUT2D eigenvalue weighted by Gasteiger charge is 2.16. The second kappa shape index (κ2) is 6.44. The Labute approximate surface area is 123 Å². The van der Waals surface area contributed by atoms with Crippen LogP contribution in [0.2, 0.25) is 0 Å². The first-order valence-electron chi connectivity index (χ1n) is 5.68. The fraction of sp³-hybridized carbons (Fsp3) is 0.273. The molecule has 2 aromatic rings. The van der Waals surface area contributed by atoms with Crippen molar-refractivity contribution >= 4 is 33.1 Å². The number of anilines is 2. The van der Waals surface area contributed by atoms with Crippen LogP contribution in [0.15, 0.2) is 29.1 Å². The Balaban J connectivity index is 2.17. The van der Waals surface area contributed by atoms with Gasteiger partial charge < -0.3 is 10.1 Å². The Morgan fingerprint density at radius 3 is 3.05 bits per heavy atom. The molecule has 0 aliphatic rings. The van der Waals surface area contributed by atoms with E-state index in [4.69, 9.17) is 4.74 Å². The van der Waals surface area contributed by atoms with E-state index in [0.29, 0.717) is 23.3 Å². The molecular weight excluding hydrogens is 330 g/mol. The minimum atomic E-state index is -0.491. The molecule has 0 unspecified atom stereocenters. The van der Waals surface area contributed by atoms with Crippen LogP contribution in [0, 0.1) is 10.1 Å². The molecule has 0 fully saturated rings. The van der Waals surface area contributed by atoms with E-state index in [1.54, 1.807) is 24.2 Å². The Hall–Kier alpha value is -2.00. The van der Waals surface area contributed by atoms with Crippen LogP contribution in [0.5, 0.6) is 0 Å². The van der Waals surface area contributed by atoms with Crippen molar-refractivity contribution in [3.63, 3.8) is 0 Å². The van der Waals surface area contributed by atoms with Gasteiger partial charge in [-0.1, -0.05) is 0 Å². The Bertz CT molecular complexity index is 616. The summed E-state index contributed by atoms with van der Waals surface area (Å²) in [5, 5.41) is 18.0. The standard InChI is InChI=1S/C11H12BrN5O3/c1-20-3-2-16-7-9(6-14-16)15-11-10(17(18)19)4-8(12)5-13-11/h4-7H,2-3H2,1H3,(H,13,15). The minimum absolute atomic E-state index is 0.107. The van der Waals surface area contributed by atoms with E-state index in [1.807, 2.05) is 0 Å². The van der Waals surface area contributed by atoms with E-state index < -0.39 is 4.92 Å². The van der Waals surface area contributed by atoms with Crippen LogP contribution in [0.25, 0.3) is 0 Å². The molecule has 106 valence electrons. The maximum Gasteiger partial charge on any atom is 0.312 e. The molecule has 8 nitrogen and oxygen atoms in total. The summed E-state index contributed by atoms with van der Waals surface area (Å²) in [6.07, 6.45) is 4.79. The quantitative estimate of drug-likeness (QED) is 0.640. The minimum Gasteiger partial charge on any atom is -0.383 e. The Morgan fingerprint density at radius 2 is 2.35 bits per heavy atom. The third kappa shape index (κ3) is 3.52. The molecule has 9 heteroatoms. The molecular formula is C11H12BrN5O3. The van der Waals surface area contributed by atoms with Crippen LogP contribution in [0.4, 0.5) is 17.2 Å². The van der Waals surface area contributed by atoms with Crippen LogP contribution in [0.1, 0.15) is 0 Å². The fourth-order valence-corrected chi connectivity index (χ4v) is 1.86. The molecule has 0 aliphatic carbocycles. The SMILES string of the molecule is COCCn1cc(Nc2ncc(Br)cc2[N+](=O)[O-])cn1. The lowest BCUT2D eigenvalue weighted by Gasteiger charge is -2.03. The van der Waals surface area contributed by atoms with Crippen molar-refractivity contribution in [2.24, 2.45) is 0 Å². The van der Waals surface area contributed by atoms with Crippen molar-refractivity contribution < 1.29 is 9.66 Å².